The second-order valence-corrected chi connectivity index (χ2v) is 4.90. The molecular formula is C18H15N3O. The van der Waals surface area contributed by atoms with E-state index in [0.717, 1.165) is 11.1 Å². The van der Waals surface area contributed by atoms with Gasteiger partial charge in [0, 0.05) is 12.0 Å². The Hall–Kier alpha value is -3.01. The van der Waals surface area contributed by atoms with Crippen molar-refractivity contribution in [1.29, 1.82) is 0 Å². The van der Waals surface area contributed by atoms with E-state index in [1.807, 2.05) is 66.7 Å². The normalized spacial score (nSPS) is 11.4. The Balaban J connectivity index is 1.90. The predicted molar refractivity (Wildman–Crippen MR) is 86.1 cm³/mol. The predicted octanol–water partition coefficient (Wildman–Crippen LogP) is 3.62. The van der Waals surface area contributed by atoms with E-state index in [1.54, 1.807) is 6.20 Å². The molecule has 0 radical (unpaired) electrons. The summed E-state index contributed by atoms with van der Waals surface area (Å²) in [5, 5.41) is 10.5. The van der Waals surface area contributed by atoms with Gasteiger partial charge in [0.05, 0.1) is 6.20 Å². The molecule has 0 unspecified atom stereocenters. The number of carbonyl (C=O) groups is 1. The fourth-order valence-electron chi connectivity index (χ4n) is 2.22. The summed E-state index contributed by atoms with van der Waals surface area (Å²) in [4.78, 5) is 12.4. The van der Waals surface area contributed by atoms with Gasteiger partial charge in [-0.2, -0.15) is 15.4 Å². The molecule has 0 bridgehead atoms. The fourth-order valence-corrected chi connectivity index (χ4v) is 2.22. The van der Waals surface area contributed by atoms with E-state index in [4.69, 9.17) is 0 Å². The standard InChI is InChI=1S/C18H15N3O/c22-18(15-9-5-2-6-10-15)12-16(17-13-19-21-20-17)11-14-7-3-1-4-8-14/h1-11,13H,12H2,(H,19,20,21). The molecule has 3 rings (SSSR count). The van der Waals surface area contributed by atoms with Crippen LogP contribution >= 0.6 is 0 Å². The summed E-state index contributed by atoms with van der Waals surface area (Å²) in [6.45, 7) is 0. The van der Waals surface area contributed by atoms with E-state index in [-0.39, 0.29) is 12.2 Å². The summed E-state index contributed by atoms with van der Waals surface area (Å²) in [7, 11) is 0. The number of H-pyrrole nitrogens is 1. The molecule has 1 N–H and O–H groups in total. The number of hydrogen-bond acceptors (Lipinski definition) is 3. The van der Waals surface area contributed by atoms with E-state index in [2.05, 4.69) is 15.4 Å². The van der Waals surface area contributed by atoms with Crippen LogP contribution < -0.4 is 0 Å². The van der Waals surface area contributed by atoms with Crippen LogP contribution in [-0.4, -0.2) is 21.2 Å². The lowest BCUT2D eigenvalue weighted by Crippen LogP contribution is -2.01. The van der Waals surface area contributed by atoms with Crippen molar-refractivity contribution in [3.63, 3.8) is 0 Å². The minimum Gasteiger partial charge on any atom is -0.294 e. The summed E-state index contributed by atoms with van der Waals surface area (Å²) < 4.78 is 0. The Bertz CT molecular complexity index is 763. The molecule has 0 aliphatic heterocycles. The Morgan fingerprint density at radius 1 is 1.00 bits per heavy atom. The van der Waals surface area contributed by atoms with Gasteiger partial charge in [0.15, 0.2) is 5.78 Å². The van der Waals surface area contributed by atoms with Crippen LogP contribution in [0.4, 0.5) is 0 Å². The molecular weight excluding hydrogens is 274 g/mol. The maximum atomic E-state index is 12.4. The highest BCUT2D eigenvalue weighted by molar-refractivity contribution is 6.04. The van der Waals surface area contributed by atoms with Gasteiger partial charge in [-0.25, -0.2) is 0 Å². The van der Waals surface area contributed by atoms with Crippen molar-refractivity contribution in [3.05, 3.63) is 83.7 Å². The van der Waals surface area contributed by atoms with Gasteiger partial charge in [0.2, 0.25) is 0 Å². The van der Waals surface area contributed by atoms with Gasteiger partial charge >= 0.3 is 0 Å². The third-order valence-corrected chi connectivity index (χ3v) is 3.33. The molecule has 22 heavy (non-hydrogen) atoms. The molecule has 0 fully saturated rings. The average Bonchev–Trinajstić information content (AvgIpc) is 3.10. The summed E-state index contributed by atoms with van der Waals surface area (Å²) in [5.74, 6) is 0.0609. The first-order chi connectivity index (χ1) is 10.8. The van der Waals surface area contributed by atoms with Gasteiger partial charge in [-0.1, -0.05) is 60.7 Å². The molecule has 108 valence electrons. The zero-order valence-corrected chi connectivity index (χ0v) is 11.9. The van der Waals surface area contributed by atoms with E-state index < -0.39 is 0 Å². The summed E-state index contributed by atoms with van der Waals surface area (Å²) in [6, 6.07) is 19.2. The van der Waals surface area contributed by atoms with E-state index >= 15 is 0 Å². The van der Waals surface area contributed by atoms with Crippen molar-refractivity contribution in [2.24, 2.45) is 0 Å². The molecule has 0 atom stereocenters. The lowest BCUT2D eigenvalue weighted by Gasteiger charge is -2.05. The molecule has 1 heterocycles. The first-order valence-electron chi connectivity index (χ1n) is 7.03. The molecule has 0 aliphatic carbocycles. The second-order valence-electron chi connectivity index (χ2n) is 4.90. The molecule has 0 spiro atoms. The number of benzene rings is 2. The lowest BCUT2D eigenvalue weighted by molar-refractivity contribution is 0.0998. The van der Waals surface area contributed by atoms with Gasteiger partial charge in [-0.3, -0.25) is 4.79 Å². The molecule has 4 heteroatoms. The van der Waals surface area contributed by atoms with E-state index in [1.165, 1.54) is 0 Å². The minimum atomic E-state index is 0.0609. The highest BCUT2D eigenvalue weighted by Gasteiger charge is 2.12. The number of aromatic amines is 1. The molecule has 0 saturated carbocycles. The Labute approximate surface area is 128 Å². The molecule has 0 amide bonds. The number of aromatic nitrogens is 3. The number of ketones is 1. The maximum absolute atomic E-state index is 12.4. The van der Waals surface area contributed by atoms with Crippen LogP contribution in [0, 0.1) is 0 Å². The van der Waals surface area contributed by atoms with Crippen molar-refractivity contribution in [2.45, 2.75) is 6.42 Å². The fraction of sp³-hybridized carbons (Fsp3) is 0.0556. The van der Waals surface area contributed by atoms with Crippen molar-refractivity contribution in [1.82, 2.24) is 15.4 Å². The van der Waals surface area contributed by atoms with Crippen molar-refractivity contribution >= 4 is 17.4 Å². The number of Topliss-reactive ketones (excluding diaryl/α,β-unsaturated/α-hetero) is 1. The largest absolute Gasteiger partial charge is 0.294 e. The number of carbonyl (C=O) groups excluding carboxylic acids is 1. The van der Waals surface area contributed by atoms with Crippen LogP contribution in [0.5, 0.6) is 0 Å². The van der Waals surface area contributed by atoms with Crippen LogP contribution in [0.2, 0.25) is 0 Å². The Morgan fingerprint density at radius 3 is 2.32 bits per heavy atom. The van der Waals surface area contributed by atoms with E-state index in [0.29, 0.717) is 11.3 Å². The molecule has 2 aromatic carbocycles. The second kappa shape index (κ2) is 6.63. The zero-order chi connectivity index (χ0) is 15.2. The van der Waals surface area contributed by atoms with Crippen molar-refractivity contribution in [2.75, 3.05) is 0 Å². The smallest absolute Gasteiger partial charge is 0.167 e. The Morgan fingerprint density at radius 2 is 1.68 bits per heavy atom. The molecule has 4 nitrogen and oxygen atoms in total. The summed E-state index contributed by atoms with van der Waals surface area (Å²) in [6.07, 6.45) is 3.89. The zero-order valence-electron chi connectivity index (χ0n) is 11.9. The highest BCUT2D eigenvalue weighted by Crippen LogP contribution is 2.21. The number of rotatable bonds is 5. The maximum Gasteiger partial charge on any atom is 0.167 e. The minimum absolute atomic E-state index is 0.0609. The van der Waals surface area contributed by atoms with Crippen LogP contribution in [0.1, 0.15) is 28.0 Å². The highest BCUT2D eigenvalue weighted by atomic mass is 16.1. The van der Waals surface area contributed by atoms with Crippen LogP contribution in [-0.2, 0) is 0 Å². The number of allylic oxidation sites excluding steroid dienone is 1. The third-order valence-electron chi connectivity index (χ3n) is 3.33. The lowest BCUT2D eigenvalue weighted by atomic mass is 9.99. The van der Waals surface area contributed by atoms with Crippen molar-refractivity contribution in [3.8, 4) is 0 Å². The molecule has 3 aromatic rings. The molecule has 1 aromatic heterocycles. The first-order valence-corrected chi connectivity index (χ1v) is 7.03. The average molecular weight is 289 g/mol. The number of nitrogens with zero attached hydrogens (tertiary/aromatic N) is 2. The Kier molecular flexibility index (Phi) is 4.20. The summed E-state index contributed by atoms with van der Waals surface area (Å²) in [5.41, 5.74) is 3.26. The van der Waals surface area contributed by atoms with E-state index in [9.17, 15) is 4.79 Å². The first kappa shape index (κ1) is 13.9. The SMILES string of the molecule is O=C(CC(=Cc1ccccc1)c1cn[nH]n1)c1ccccc1. The van der Waals surface area contributed by atoms with Gasteiger partial charge < -0.3 is 0 Å². The summed E-state index contributed by atoms with van der Waals surface area (Å²) >= 11 is 0. The quantitative estimate of drug-likeness (QED) is 0.730. The molecule has 0 saturated heterocycles. The van der Waals surface area contributed by atoms with Gasteiger partial charge in [-0.05, 0) is 17.2 Å². The number of hydrogen-bond donors (Lipinski definition) is 1. The monoisotopic (exact) mass is 289 g/mol. The topological polar surface area (TPSA) is 58.6 Å². The van der Waals surface area contributed by atoms with Crippen LogP contribution in [0.15, 0.2) is 66.9 Å². The van der Waals surface area contributed by atoms with Gasteiger partial charge in [0.1, 0.15) is 5.69 Å². The van der Waals surface area contributed by atoms with Crippen molar-refractivity contribution < 1.29 is 4.79 Å². The van der Waals surface area contributed by atoms with Crippen LogP contribution in [0.3, 0.4) is 0 Å². The molecule has 0 aliphatic rings. The van der Waals surface area contributed by atoms with Crippen LogP contribution in [0.25, 0.3) is 11.6 Å². The van der Waals surface area contributed by atoms with Gasteiger partial charge in [-0.15, -0.1) is 0 Å². The number of nitrogens with one attached hydrogen (secondary N) is 1. The van der Waals surface area contributed by atoms with Gasteiger partial charge in [0.25, 0.3) is 0 Å². The third kappa shape index (κ3) is 3.35.